The van der Waals surface area contributed by atoms with Crippen LogP contribution in [0.5, 0.6) is 0 Å². The molecular weight excluding hydrogens is 494 g/mol. The molecule has 0 radical (unpaired) electrons. The molecule has 0 saturated heterocycles. The second kappa shape index (κ2) is 15.0. The summed E-state index contributed by atoms with van der Waals surface area (Å²) >= 11 is 0. The lowest BCUT2D eigenvalue weighted by Crippen LogP contribution is -2.14. The van der Waals surface area contributed by atoms with Crippen LogP contribution in [0.15, 0.2) is 78.9 Å². The molecule has 0 aliphatic rings. The minimum Gasteiger partial charge on any atom is -0.326 e. The molecule has 40 heavy (non-hydrogen) atoms. The average Bonchev–Trinajstić information content (AvgIpc) is 2.96. The van der Waals surface area contributed by atoms with Crippen molar-refractivity contribution in [3.8, 4) is 11.3 Å². The first-order chi connectivity index (χ1) is 19.5. The minimum absolute atomic E-state index is 0.00882. The zero-order valence-electron chi connectivity index (χ0n) is 23.8. The smallest absolute Gasteiger partial charge is 0.256 e. The van der Waals surface area contributed by atoms with Crippen LogP contribution in [-0.4, -0.2) is 16.8 Å². The third kappa shape index (κ3) is 8.25. The number of nitrogens with one attached hydrogen (secondary N) is 2. The van der Waals surface area contributed by atoms with Crippen LogP contribution >= 0.6 is 0 Å². The van der Waals surface area contributed by atoms with E-state index in [4.69, 9.17) is 4.98 Å². The fraction of sp³-hybridized carbons (Fsp3) is 0.343. The largest absolute Gasteiger partial charge is 0.326 e. The van der Waals surface area contributed by atoms with Gasteiger partial charge in [0.2, 0.25) is 5.91 Å². The molecular formula is C35H41N3O2. The zero-order valence-corrected chi connectivity index (χ0v) is 23.8. The van der Waals surface area contributed by atoms with Gasteiger partial charge in [-0.25, -0.2) is 4.98 Å². The van der Waals surface area contributed by atoms with Gasteiger partial charge in [-0.3, -0.25) is 9.59 Å². The Kier molecular flexibility index (Phi) is 10.9. The van der Waals surface area contributed by atoms with E-state index in [1.54, 1.807) is 6.07 Å². The lowest BCUT2D eigenvalue weighted by molar-refractivity contribution is -0.116. The molecule has 208 valence electrons. The van der Waals surface area contributed by atoms with Crippen molar-refractivity contribution in [1.29, 1.82) is 0 Å². The van der Waals surface area contributed by atoms with E-state index in [1.807, 2.05) is 79.7 Å². The number of pyridine rings is 1. The Hall–Kier alpha value is -3.99. The summed E-state index contributed by atoms with van der Waals surface area (Å²) in [6.45, 7) is 4.25. The highest BCUT2D eigenvalue weighted by Crippen LogP contribution is 2.28. The number of anilines is 2. The van der Waals surface area contributed by atoms with Crippen molar-refractivity contribution in [3.05, 3.63) is 90.0 Å². The summed E-state index contributed by atoms with van der Waals surface area (Å²) < 4.78 is 0. The predicted octanol–water partition coefficient (Wildman–Crippen LogP) is 9.32. The van der Waals surface area contributed by atoms with Gasteiger partial charge in [-0.2, -0.15) is 0 Å². The number of hydrogen-bond acceptors (Lipinski definition) is 3. The molecule has 3 aromatic carbocycles. The maximum Gasteiger partial charge on any atom is 0.256 e. The van der Waals surface area contributed by atoms with E-state index in [1.165, 1.54) is 44.9 Å². The van der Waals surface area contributed by atoms with Gasteiger partial charge in [0.1, 0.15) is 0 Å². The second-order valence-electron chi connectivity index (χ2n) is 10.6. The van der Waals surface area contributed by atoms with E-state index < -0.39 is 0 Å². The van der Waals surface area contributed by atoms with Gasteiger partial charge in [0.25, 0.3) is 5.91 Å². The molecule has 4 aromatic rings. The number of nitrogens with zero attached hydrogens (tertiary/aromatic N) is 1. The number of fused-ring (bicyclic) bond motifs is 1. The van der Waals surface area contributed by atoms with Crippen LogP contribution in [0.4, 0.5) is 11.4 Å². The second-order valence-corrected chi connectivity index (χ2v) is 10.6. The Balaban J connectivity index is 1.37. The van der Waals surface area contributed by atoms with Crippen LogP contribution in [-0.2, 0) is 4.79 Å². The SMILES string of the molecule is CCCCCCCCCCCC(=O)Nc1cccc(NC(=O)c2cc(-c3ccccc3)nc3c(C)cccc23)c1. The molecule has 0 spiro atoms. The van der Waals surface area contributed by atoms with Crippen molar-refractivity contribution < 1.29 is 9.59 Å². The van der Waals surface area contributed by atoms with Gasteiger partial charge in [0.15, 0.2) is 0 Å². The molecule has 1 aromatic heterocycles. The summed E-state index contributed by atoms with van der Waals surface area (Å²) in [6.07, 6.45) is 11.5. The Bertz CT molecular complexity index is 1420. The fourth-order valence-electron chi connectivity index (χ4n) is 5.03. The van der Waals surface area contributed by atoms with Crippen LogP contribution in [0.25, 0.3) is 22.2 Å². The van der Waals surface area contributed by atoms with Crippen LogP contribution in [0.2, 0.25) is 0 Å². The molecule has 0 aliphatic carbocycles. The molecule has 0 bridgehead atoms. The number of aromatic nitrogens is 1. The number of aryl methyl sites for hydroxylation is 1. The van der Waals surface area contributed by atoms with E-state index in [0.717, 1.165) is 40.6 Å². The van der Waals surface area contributed by atoms with E-state index in [-0.39, 0.29) is 11.8 Å². The molecule has 0 aliphatic heterocycles. The highest BCUT2D eigenvalue weighted by molar-refractivity contribution is 6.13. The van der Waals surface area contributed by atoms with E-state index >= 15 is 0 Å². The van der Waals surface area contributed by atoms with Crippen LogP contribution in [0, 0.1) is 6.92 Å². The maximum absolute atomic E-state index is 13.5. The molecule has 1 heterocycles. The van der Waals surface area contributed by atoms with Gasteiger partial charge in [-0.05, 0) is 43.2 Å². The molecule has 0 fully saturated rings. The summed E-state index contributed by atoms with van der Waals surface area (Å²) in [6, 6.07) is 25.0. The molecule has 2 amide bonds. The third-order valence-corrected chi connectivity index (χ3v) is 7.27. The molecule has 0 unspecified atom stereocenters. The zero-order chi connectivity index (χ0) is 28.2. The van der Waals surface area contributed by atoms with Gasteiger partial charge in [-0.1, -0.05) is 113 Å². The number of para-hydroxylation sites is 1. The van der Waals surface area contributed by atoms with Gasteiger partial charge in [0, 0.05) is 28.7 Å². The Morgan fingerprint density at radius 2 is 1.35 bits per heavy atom. The molecule has 0 saturated carbocycles. The van der Waals surface area contributed by atoms with Crippen molar-refractivity contribution in [2.24, 2.45) is 0 Å². The molecule has 5 nitrogen and oxygen atoms in total. The van der Waals surface area contributed by atoms with Gasteiger partial charge < -0.3 is 10.6 Å². The summed E-state index contributed by atoms with van der Waals surface area (Å²) in [5.74, 6) is -0.206. The quantitative estimate of drug-likeness (QED) is 0.158. The van der Waals surface area contributed by atoms with E-state index in [9.17, 15) is 9.59 Å². The van der Waals surface area contributed by atoms with Crippen LogP contribution < -0.4 is 10.6 Å². The summed E-state index contributed by atoms with van der Waals surface area (Å²) in [5, 5.41) is 6.82. The molecule has 0 atom stereocenters. The first-order valence-corrected chi connectivity index (χ1v) is 14.7. The van der Waals surface area contributed by atoms with Crippen molar-refractivity contribution in [2.75, 3.05) is 10.6 Å². The fourth-order valence-corrected chi connectivity index (χ4v) is 5.03. The number of benzene rings is 3. The molecule has 5 heteroatoms. The molecule has 2 N–H and O–H groups in total. The third-order valence-electron chi connectivity index (χ3n) is 7.27. The van der Waals surface area contributed by atoms with Crippen molar-refractivity contribution in [2.45, 2.75) is 78.1 Å². The molecule has 4 rings (SSSR count). The number of rotatable bonds is 14. The number of carbonyl (C=O) groups is 2. The lowest BCUT2D eigenvalue weighted by atomic mass is 10.0. The van der Waals surface area contributed by atoms with Gasteiger partial charge >= 0.3 is 0 Å². The normalized spacial score (nSPS) is 10.9. The van der Waals surface area contributed by atoms with E-state index in [2.05, 4.69) is 17.6 Å². The van der Waals surface area contributed by atoms with Crippen molar-refractivity contribution in [1.82, 2.24) is 4.98 Å². The minimum atomic E-state index is -0.214. The van der Waals surface area contributed by atoms with Gasteiger partial charge in [0.05, 0.1) is 16.8 Å². The van der Waals surface area contributed by atoms with Crippen LogP contribution in [0.1, 0.15) is 87.1 Å². The van der Waals surface area contributed by atoms with Crippen molar-refractivity contribution >= 4 is 34.1 Å². The van der Waals surface area contributed by atoms with Crippen molar-refractivity contribution in [3.63, 3.8) is 0 Å². The topological polar surface area (TPSA) is 71.1 Å². The number of amides is 2. The summed E-state index contributed by atoms with van der Waals surface area (Å²) in [7, 11) is 0. The Labute approximate surface area is 238 Å². The number of hydrogen-bond donors (Lipinski definition) is 2. The average molecular weight is 536 g/mol. The van der Waals surface area contributed by atoms with Gasteiger partial charge in [-0.15, -0.1) is 0 Å². The maximum atomic E-state index is 13.5. The highest BCUT2D eigenvalue weighted by atomic mass is 16.2. The first kappa shape index (κ1) is 29.0. The van der Waals surface area contributed by atoms with Crippen LogP contribution in [0.3, 0.4) is 0 Å². The summed E-state index contributed by atoms with van der Waals surface area (Å²) in [5.41, 5.74) is 5.41. The number of unbranched alkanes of at least 4 members (excludes halogenated alkanes) is 8. The van der Waals surface area contributed by atoms with E-state index in [0.29, 0.717) is 23.4 Å². The first-order valence-electron chi connectivity index (χ1n) is 14.7. The number of carbonyl (C=O) groups excluding carboxylic acids is 2. The summed E-state index contributed by atoms with van der Waals surface area (Å²) in [4.78, 5) is 30.9. The lowest BCUT2D eigenvalue weighted by Gasteiger charge is -2.13. The monoisotopic (exact) mass is 535 g/mol. The Morgan fingerprint density at radius 1 is 0.700 bits per heavy atom. The highest BCUT2D eigenvalue weighted by Gasteiger charge is 2.16. The standard InChI is InChI=1S/C35H41N3O2/c1-3-4-5-6-7-8-9-10-14-23-33(39)36-28-20-16-21-29(24-28)37-35(40)31-25-32(27-18-12-11-13-19-27)38-34-26(2)17-15-22-30(31)34/h11-13,15-22,24-25H,3-10,14,23H2,1-2H3,(H,36,39)(H,37,40). The Morgan fingerprint density at radius 3 is 2.08 bits per heavy atom. The predicted molar refractivity (Wildman–Crippen MR) is 167 cm³/mol.